The van der Waals surface area contributed by atoms with Gasteiger partial charge in [0, 0.05) is 39.9 Å². The molecule has 0 unspecified atom stereocenters. The number of nitriles is 2. The minimum Gasteiger partial charge on any atom is -0.361 e. The number of carbonyl (C=O) groups is 2. The molecule has 4 bridgehead atoms. The summed E-state index contributed by atoms with van der Waals surface area (Å²) in [5.41, 5.74) is -1.15. The molecule has 8 nitrogen and oxygen atoms in total. The molecule has 2 aromatic rings. The number of nitrogens with zero attached hydrogens (tertiary/aromatic N) is 4. The van der Waals surface area contributed by atoms with Crippen molar-refractivity contribution in [3.8, 4) is 12.1 Å². The molecule has 0 saturated heterocycles. The van der Waals surface area contributed by atoms with Gasteiger partial charge >= 0.3 is 0 Å². The predicted octanol–water partition coefficient (Wildman–Crippen LogP) is 2.67. The first-order valence-corrected chi connectivity index (χ1v) is 11.0. The largest absolute Gasteiger partial charge is 0.361 e. The van der Waals surface area contributed by atoms with Gasteiger partial charge in [-0.2, -0.15) is 10.5 Å². The Kier molecular flexibility index (Phi) is 4.80. The van der Waals surface area contributed by atoms with Gasteiger partial charge in [0.2, 0.25) is 11.8 Å². The van der Waals surface area contributed by atoms with Crippen molar-refractivity contribution in [2.75, 3.05) is 14.2 Å². The summed E-state index contributed by atoms with van der Waals surface area (Å²) in [5.74, 6) is -1.77. The molecule has 0 saturated carbocycles. The summed E-state index contributed by atoms with van der Waals surface area (Å²) in [6.07, 6.45) is -1.71. The highest BCUT2D eigenvalue weighted by molar-refractivity contribution is 5.82. The van der Waals surface area contributed by atoms with Crippen LogP contribution in [0.5, 0.6) is 0 Å². The smallest absolute Gasteiger partial charge is 0.223 e. The second kappa shape index (κ2) is 7.39. The number of rotatable bonds is 2. The molecule has 6 atom stereocenters. The topological polar surface area (TPSA) is 107 Å². The maximum absolute atomic E-state index is 13.3. The lowest BCUT2D eigenvalue weighted by Crippen LogP contribution is -2.78. The fourth-order valence-corrected chi connectivity index (χ4v) is 6.71. The molecule has 0 spiro atoms. The Balaban J connectivity index is 2.11. The molecule has 1 aliphatic carbocycles. The highest BCUT2D eigenvalue weighted by Gasteiger charge is 2.75. The Hall–Kier alpha value is -3.72. The fourth-order valence-electron chi connectivity index (χ4n) is 6.71. The average Bonchev–Trinajstić information content (AvgIpc) is 2.84. The second-order valence-electron chi connectivity index (χ2n) is 8.90. The van der Waals surface area contributed by atoms with Crippen LogP contribution in [0.15, 0.2) is 48.5 Å². The Morgan fingerprint density at radius 2 is 1.12 bits per heavy atom. The van der Waals surface area contributed by atoms with E-state index in [2.05, 4.69) is 12.1 Å². The van der Waals surface area contributed by atoms with E-state index in [1.165, 1.54) is 37.9 Å². The first-order chi connectivity index (χ1) is 16.4. The Morgan fingerprint density at radius 1 is 0.765 bits per heavy atom. The molecule has 2 amide bonds. The maximum atomic E-state index is 13.3. The zero-order valence-electron chi connectivity index (χ0n) is 19.4. The molecular formula is C26H24N4O4. The van der Waals surface area contributed by atoms with Crippen molar-refractivity contribution in [3.63, 3.8) is 0 Å². The minimum absolute atomic E-state index is 0.426. The summed E-state index contributed by atoms with van der Waals surface area (Å²) in [5, 5.41) is 22.1. The van der Waals surface area contributed by atoms with E-state index in [0.29, 0.717) is 11.1 Å². The third kappa shape index (κ3) is 2.22. The number of ether oxygens (including phenoxy) is 2. The zero-order valence-corrected chi connectivity index (χ0v) is 19.4. The highest BCUT2D eigenvalue weighted by atomic mass is 16.5. The van der Waals surface area contributed by atoms with Gasteiger partial charge in [-0.25, -0.2) is 0 Å². The van der Waals surface area contributed by atoms with Gasteiger partial charge in [-0.15, -0.1) is 0 Å². The van der Waals surface area contributed by atoms with Crippen molar-refractivity contribution >= 4 is 11.8 Å². The molecule has 5 rings (SSSR count). The number of hydrogen-bond acceptors (Lipinski definition) is 6. The van der Waals surface area contributed by atoms with E-state index in [1.807, 2.05) is 24.3 Å². The van der Waals surface area contributed by atoms with E-state index >= 15 is 0 Å². The quantitative estimate of drug-likeness (QED) is 0.688. The predicted molar refractivity (Wildman–Crippen MR) is 120 cm³/mol. The van der Waals surface area contributed by atoms with Crippen molar-refractivity contribution in [1.29, 1.82) is 10.5 Å². The summed E-state index contributed by atoms with van der Waals surface area (Å²) >= 11 is 0. The fraction of sp³-hybridized carbons (Fsp3) is 0.385. The van der Waals surface area contributed by atoms with Crippen LogP contribution < -0.4 is 0 Å². The van der Waals surface area contributed by atoms with Crippen LogP contribution in [0.2, 0.25) is 0 Å². The Labute approximate surface area is 197 Å². The standard InChI is InChI=1S/C26H24N4O4/c1-15(31)29-23(33-3)21-17-9-5-7-11-19(17)25(29,13-27)26(14-28)20-12-8-6-10-18(20)22(21)24(34-4)30(26)16(2)32/h5-12,21-24H,1-4H3/t21-,22-,23-,24+,25+,26+/m0/s1. The molecule has 2 aliphatic heterocycles. The highest BCUT2D eigenvalue weighted by Crippen LogP contribution is 2.65. The van der Waals surface area contributed by atoms with Crippen molar-refractivity contribution in [2.45, 2.75) is 49.2 Å². The van der Waals surface area contributed by atoms with Crippen LogP contribution in [0.25, 0.3) is 0 Å². The molecule has 0 aromatic heterocycles. The number of benzene rings is 2. The lowest BCUT2D eigenvalue weighted by Gasteiger charge is -2.66. The van der Waals surface area contributed by atoms with E-state index in [0.717, 1.165) is 11.1 Å². The van der Waals surface area contributed by atoms with Gasteiger partial charge in [0.15, 0.2) is 11.1 Å². The first kappa shape index (κ1) is 22.1. The SMILES string of the molecule is CO[C@@H]1[C@H]2c3ccccc3[C@@](C#N)(N1C(C)=O)[C@@]1(C#N)c3ccccc3[C@@H]2[C@H](OC)N1C(C)=O. The van der Waals surface area contributed by atoms with Crippen LogP contribution in [0.4, 0.5) is 0 Å². The number of carbonyl (C=O) groups excluding carboxylic acids is 2. The average molecular weight is 457 g/mol. The molecule has 34 heavy (non-hydrogen) atoms. The third-order valence-electron chi connectivity index (χ3n) is 7.66. The first-order valence-electron chi connectivity index (χ1n) is 11.0. The molecule has 0 N–H and O–H groups in total. The van der Waals surface area contributed by atoms with Gasteiger partial charge in [0.1, 0.15) is 24.6 Å². The molecule has 2 aromatic carbocycles. The molecule has 3 aliphatic rings. The van der Waals surface area contributed by atoms with Gasteiger partial charge in [-0.3, -0.25) is 19.4 Å². The van der Waals surface area contributed by atoms with Crippen LogP contribution in [-0.2, 0) is 30.1 Å². The van der Waals surface area contributed by atoms with Gasteiger partial charge in [0.25, 0.3) is 0 Å². The number of methoxy groups -OCH3 is 2. The number of amides is 2. The van der Waals surface area contributed by atoms with Crippen molar-refractivity contribution in [1.82, 2.24) is 9.80 Å². The molecule has 2 heterocycles. The molecular weight excluding hydrogens is 432 g/mol. The summed E-state index contributed by atoms with van der Waals surface area (Å²) in [6, 6.07) is 19.4. The molecule has 0 radical (unpaired) electrons. The molecule has 0 fully saturated rings. The Bertz CT molecular complexity index is 1200. The zero-order chi connectivity index (χ0) is 24.4. The van der Waals surface area contributed by atoms with Crippen LogP contribution in [0, 0.1) is 22.7 Å². The maximum Gasteiger partial charge on any atom is 0.223 e. The van der Waals surface area contributed by atoms with Crippen molar-refractivity contribution < 1.29 is 19.1 Å². The van der Waals surface area contributed by atoms with E-state index in [9.17, 15) is 20.1 Å². The summed E-state index contributed by atoms with van der Waals surface area (Å²) in [7, 11) is 2.99. The van der Waals surface area contributed by atoms with E-state index in [-0.39, 0.29) is 0 Å². The lowest BCUT2D eigenvalue weighted by molar-refractivity contribution is -0.218. The van der Waals surface area contributed by atoms with Gasteiger partial charge in [0.05, 0.1) is 0 Å². The monoisotopic (exact) mass is 456 g/mol. The third-order valence-corrected chi connectivity index (χ3v) is 7.66. The number of fused-ring (bicyclic) bond motifs is 2. The molecule has 8 heteroatoms. The summed E-state index contributed by atoms with van der Waals surface area (Å²) < 4.78 is 11.9. The van der Waals surface area contributed by atoms with Crippen LogP contribution >= 0.6 is 0 Å². The van der Waals surface area contributed by atoms with Gasteiger partial charge in [-0.1, -0.05) is 48.5 Å². The van der Waals surface area contributed by atoms with Crippen molar-refractivity contribution in [2.24, 2.45) is 0 Å². The summed E-state index contributed by atoms with van der Waals surface area (Å²) in [4.78, 5) is 29.4. The molecule has 172 valence electrons. The van der Waals surface area contributed by atoms with Crippen LogP contribution in [-0.4, -0.2) is 48.3 Å². The summed E-state index contributed by atoms with van der Waals surface area (Å²) in [6.45, 7) is 2.72. The van der Waals surface area contributed by atoms with E-state index in [1.54, 1.807) is 24.3 Å². The van der Waals surface area contributed by atoms with Crippen LogP contribution in [0.3, 0.4) is 0 Å². The lowest BCUT2D eigenvalue weighted by atomic mass is 9.54. The van der Waals surface area contributed by atoms with Gasteiger partial charge < -0.3 is 9.47 Å². The van der Waals surface area contributed by atoms with Crippen molar-refractivity contribution in [3.05, 3.63) is 70.8 Å². The van der Waals surface area contributed by atoms with E-state index in [4.69, 9.17) is 9.47 Å². The second-order valence-corrected chi connectivity index (χ2v) is 8.90. The minimum atomic E-state index is -1.90. The van der Waals surface area contributed by atoms with E-state index < -0.39 is 47.2 Å². The number of hydrogen-bond donors (Lipinski definition) is 0. The van der Waals surface area contributed by atoms with Crippen LogP contribution in [0.1, 0.15) is 47.9 Å². The Morgan fingerprint density at radius 3 is 1.41 bits per heavy atom. The normalized spacial score (nSPS) is 32.6. The van der Waals surface area contributed by atoms with Gasteiger partial charge in [-0.05, 0) is 22.3 Å².